The molecule has 238 valence electrons. The van der Waals surface area contributed by atoms with Gasteiger partial charge in [0.25, 0.3) is 5.56 Å². The van der Waals surface area contributed by atoms with Crippen molar-refractivity contribution in [3.63, 3.8) is 0 Å². The first-order valence-electron chi connectivity index (χ1n) is 14.5. The molecule has 11 heteroatoms. The Labute approximate surface area is 257 Å². The van der Waals surface area contributed by atoms with E-state index in [2.05, 4.69) is 5.32 Å². The highest BCUT2D eigenvalue weighted by Crippen LogP contribution is 2.45. The number of anilines is 1. The van der Waals surface area contributed by atoms with Crippen molar-refractivity contribution in [3.8, 4) is 11.3 Å². The van der Waals surface area contributed by atoms with Crippen LogP contribution in [-0.4, -0.2) is 37.0 Å². The van der Waals surface area contributed by atoms with Gasteiger partial charge >= 0.3 is 6.18 Å². The molecule has 0 aliphatic heterocycles. The van der Waals surface area contributed by atoms with Crippen molar-refractivity contribution in [1.82, 2.24) is 4.57 Å². The smallest absolute Gasteiger partial charge is 0.405 e. The molecule has 0 spiro atoms. The molecule has 0 bridgehead atoms. The number of carbonyl (C=O) groups excluding carboxylic acids is 2. The highest BCUT2D eigenvalue weighted by molar-refractivity contribution is 6.74. The summed E-state index contributed by atoms with van der Waals surface area (Å²) in [5.74, 6) is -3.99. The number of pyridine rings is 1. The molecular formula is C33H42F3N3O4Si. The summed E-state index contributed by atoms with van der Waals surface area (Å²) in [6, 6.07) is 18.5. The van der Waals surface area contributed by atoms with Crippen molar-refractivity contribution in [2.75, 3.05) is 5.32 Å². The summed E-state index contributed by atoms with van der Waals surface area (Å²) in [6.45, 7) is 12.0. The van der Waals surface area contributed by atoms with Crippen molar-refractivity contribution in [1.29, 1.82) is 0 Å². The minimum Gasteiger partial charge on any atom is -0.405 e. The van der Waals surface area contributed by atoms with E-state index in [4.69, 9.17) is 10.2 Å². The first-order chi connectivity index (χ1) is 20.3. The predicted molar refractivity (Wildman–Crippen MR) is 170 cm³/mol. The molecule has 3 rings (SSSR count). The third kappa shape index (κ3) is 8.06. The molecule has 2 amide bonds. The van der Waals surface area contributed by atoms with Gasteiger partial charge in [0.2, 0.25) is 11.8 Å². The Morgan fingerprint density at radius 1 is 0.932 bits per heavy atom. The molecule has 3 unspecified atom stereocenters. The number of nitrogens with two attached hydrogens (primary N) is 1. The third-order valence-corrected chi connectivity index (χ3v) is 12.7. The molecule has 0 saturated heterocycles. The monoisotopic (exact) mass is 629 g/mol. The molecule has 3 N–H and O–H groups in total. The van der Waals surface area contributed by atoms with Crippen LogP contribution in [0.5, 0.6) is 0 Å². The number of benzene rings is 2. The minimum absolute atomic E-state index is 0.0366. The summed E-state index contributed by atoms with van der Waals surface area (Å²) in [5, 5.41) is 2.01. The van der Waals surface area contributed by atoms with Gasteiger partial charge in [-0.25, -0.2) is 0 Å². The molecule has 3 aromatic rings. The van der Waals surface area contributed by atoms with Crippen LogP contribution in [0.25, 0.3) is 11.3 Å². The van der Waals surface area contributed by atoms with Gasteiger partial charge in [-0.15, -0.1) is 0 Å². The maximum absolute atomic E-state index is 15.0. The van der Waals surface area contributed by atoms with Crippen molar-refractivity contribution in [3.05, 3.63) is 88.7 Å². The zero-order valence-electron chi connectivity index (χ0n) is 26.2. The number of halogens is 3. The van der Waals surface area contributed by atoms with Crippen LogP contribution in [-0.2, 0) is 20.4 Å². The molecular weight excluding hydrogens is 587 g/mol. The van der Waals surface area contributed by atoms with Gasteiger partial charge in [0.15, 0.2) is 8.32 Å². The molecule has 0 radical (unpaired) electrons. The molecule has 0 aliphatic carbocycles. The number of hydrogen-bond donors (Lipinski definition) is 2. The normalized spacial score (nSPS) is 14.6. The Kier molecular flexibility index (Phi) is 10.7. The number of alkyl halides is 3. The highest BCUT2D eigenvalue weighted by Gasteiger charge is 2.55. The summed E-state index contributed by atoms with van der Waals surface area (Å²) < 4.78 is 51.9. The zero-order valence-corrected chi connectivity index (χ0v) is 27.2. The predicted octanol–water partition coefficient (Wildman–Crippen LogP) is 6.95. The Morgan fingerprint density at radius 3 is 1.95 bits per heavy atom. The number of hydrogen-bond acceptors (Lipinski definition) is 4. The Balaban J connectivity index is 2.26. The van der Waals surface area contributed by atoms with E-state index >= 15 is 0 Å². The summed E-state index contributed by atoms with van der Waals surface area (Å²) in [7, 11) is -3.05. The van der Waals surface area contributed by atoms with Crippen LogP contribution in [0.3, 0.4) is 0 Å². The average Bonchev–Trinajstić information content (AvgIpc) is 2.91. The Hall–Kier alpha value is -3.70. The maximum Gasteiger partial charge on any atom is 0.413 e. The van der Waals surface area contributed by atoms with E-state index in [0.29, 0.717) is 11.1 Å². The van der Waals surface area contributed by atoms with Crippen molar-refractivity contribution >= 4 is 25.8 Å². The zero-order chi connectivity index (χ0) is 33.0. The molecule has 0 saturated carbocycles. The molecule has 1 heterocycles. The number of aromatic nitrogens is 1. The number of primary amides is 1. The second kappa shape index (κ2) is 13.5. The molecule has 44 heavy (non-hydrogen) atoms. The van der Waals surface area contributed by atoms with E-state index in [9.17, 15) is 27.6 Å². The standard InChI is InChI=1S/C33H42F3N3O4Si/c1-21(2)27(29(33(34,35)36)43-44(6,7)32(3,4)5)28(30(37)41)39-25(23-16-12-9-13-17-23)19-18-24(31(39)42)38-26(40)20-22-14-10-8-11-15-22/h8-19,21,27-29H,20H2,1-7H3,(H2,37,41)(H,38,40). The summed E-state index contributed by atoms with van der Waals surface area (Å²) in [4.78, 5) is 40.4. The Morgan fingerprint density at radius 2 is 1.48 bits per heavy atom. The lowest BCUT2D eigenvalue weighted by atomic mass is 9.82. The highest BCUT2D eigenvalue weighted by atomic mass is 28.4. The van der Waals surface area contributed by atoms with Gasteiger partial charge in [-0.3, -0.25) is 19.0 Å². The van der Waals surface area contributed by atoms with Gasteiger partial charge in [0.1, 0.15) is 17.8 Å². The van der Waals surface area contributed by atoms with Gasteiger partial charge in [-0.2, -0.15) is 13.2 Å². The van der Waals surface area contributed by atoms with Gasteiger partial charge in [0.05, 0.1) is 12.1 Å². The van der Waals surface area contributed by atoms with Crippen molar-refractivity contribution < 1.29 is 27.2 Å². The average molecular weight is 630 g/mol. The van der Waals surface area contributed by atoms with E-state index in [1.807, 2.05) is 20.8 Å². The summed E-state index contributed by atoms with van der Waals surface area (Å²) >= 11 is 0. The van der Waals surface area contributed by atoms with Crippen LogP contribution in [0.15, 0.2) is 77.6 Å². The molecule has 0 aliphatic rings. The fourth-order valence-corrected chi connectivity index (χ4v) is 6.25. The molecule has 1 aromatic heterocycles. The van der Waals surface area contributed by atoms with Gasteiger partial charge < -0.3 is 15.5 Å². The minimum atomic E-state index is -4.88. The van der Waals surface area contributed by atoms with E-state index in [1.54, 1.807) is 87.6 Å². The third-order valence-electron chi connectivity index (χ3n) is 8.27. The maximum atomic E-state index is 15.0. The van der Waals surface area contributed by atoms with Gasteiger partial charge in [-0.1, -0.05) is 95.3 Å². The lowest BCUT2D eigenvalue weighted by molar-refractivity contribution is -0.222. The van der Waals surface area contributed by atoms with Crippen molar-refractivity contribution in [2.45, 2.75) is 77.5 Å². The molecule has 0 fully saturated rings. The SMILES string of the molecule is CC(C)C(C(C(N)=O)n1c(-c2ccccc2)ccc(NC(=O)Cc2ccccc2)c1=O)C(O[Si](C)(C)C(C)(C)C)C(F)(F)F. The van der Waals surface area contributed by atoms with E-state index < -0.39 is 60.9 Å². The van der Waals surface area contributed by atoms with Crippen molar-refractivity contribution in [2.24, 2.45) is 17.6 Å². The molecule has 7 nitrogen and oxygen atoms in total. The van der Waals surface area contributed by atoms with Gasteiger partial charge in [-0.05, 0) is 47.3 Å². The lowest BCUT2D eigenvalue weighted by Gasteiger charge is -2.44. The fraction of sp³-hybridized carbons (Fsp3) is 0.424. The number of rotatable bonds is 11. The Bertz CT molecular complexity index is 1500. The second-order valence-electron chi connectivity index (χ2n) is 12.9. The van der Waals surface area contributed by atoms with Crippen LogP contribution in [0.1, 0.15) is 46.2 Å². The van der Waals surface area contributed by atoms with Crippen LogP contribution in [0.2, 0.25) is 18.1 Å². The molecule has 2 aromatic carbocycles. The quantitative estimate of drug-likeness (QED) is 0.224. The van der Waals surface area contributed by atoms with E-state index in [1.165, 1.54) is 12.1 Å². The summed E-state index contributed by atoms with van der Waals surface area (Å²) in [5.41, 5.74) is 6.24. The van der Waals surface area contributed by atoms with Crippen LogP contribution >= 0.6 is 0 Å². The number of nitrogens with zero attached hydrogens (tertiary/aromatic N) is 1. The van der Waals surface area contributed by atoms with E-state index in [0.717, 1.165) is 4.57 Å². The lowest BCUT2D eigenvalue weighted by Crippen LogP contribution is -2.55. The number of carbonyl (C=O) groups is 2. The molecule has 3 atom stereocenters. The second-order valence-corrected chi connectivity index (χ2v) is 17.6. The topological polar surface area (TPSA) is 103 Å². The number of amides is 2. The van der Waals surface area contributed by atoms with E-state index in [-0.39, 0.29) is 17.8 Å². The van der Waals surface area contributed by atoms with Crippen LogP contribution < -0.4 is 16.6 Å². The summed E-state index contributed by atoms with van der Waals surface area (Å²) in [6.07, 6.45) is -7.31. The first-order valence-corrected chi connectivity index (χ1v) is 17.4. The van der Waals surface area contributed by atoms with Crippen LogP contribution in [0.4, 0.5) is 18.9 Å². The first kappa shape index (κ1) is 34.8. The largest absolute Gasteiger partial charge is 0.413 e. The fourth-order valence-electron chi connectivity index (χ4n) is 4.97. The number of nitrogens with one attached hydrogen (secondary N) is 1. The van der Waals surface area contributed by atoms with Gasteiger partial charge in [0, 0.05) is 5.92 Å². The van der Waals surface area contributed by atoms with Crippen LogP contribution in [0, 0.1) is 11.8 Å².